The first kappa shape index (κ1) is 15.8. The highest BCUT2D eigenvalue weighted by Gasteiger charge is 2.18. The molecular weight excluding hydrogens is 380 g/mol. The molecule has 0 spiro atoms. The molecule has 108 valence electrons. The zero-order chi connectivity index (χ0) is 14.5. The highest BCUT2D eigenvalue weighted by atomic mass is 79.9. The fourth-order valence-electron chi connectivity index (χ4n) is 2.66. The lowest BCUT2D eigenvalue weighted by atomic mass is 10.1. The number of nitrogens with zero attached hydrogens (tertiary/aromatic N) is 2. The van der Waals surface area contributed by atoms with Gasteiger partial charge in [0.05, 0.1) is 0 Å². The van der Waals surface area contributed by atoms with Gasteiger partial charge in [0.1, 0.15) is 5.82 Å². The Morgan fingerprint density at radius 2 is 1.90 bits per heavy atom. The minimum absolute atomic E-state index is 0.532. The van der Waals surface area contributed by atoms with E-state index in [0.717, 1.165) is 35.0 Å². The number of aromatic nitrogens is 1. The summed E-state index contributed by atoms with van der Waals surface area (Å²) < 4.78 is 1.13. The van der Waals surface area contributed by atoms with Crippen LogP contribution < -0.4 is 4.90 Å². The molecule has 4 heteroatoms. The highest BCUT2D eigenvalue weighted by molar-refractivity contribution is 9.10. The van der Waals surface area contributed by atoms with Crippen LogP contribution in [0.4, 0.5) is 5.82 Å². The van der Waals surface area contributed by atoms with Crippen molar-refractivity contribution in [3.05, 3.63) is 34.9 Å². The Labute approximate surface area is 137 Å². The third kappa shape index (κ3) is 3.17. The number of hydrogen-bond donors (Lipinski definition) is 0. The number of halogens is 2. The first-order valence-electron chi connectivity index (χ1n) is 7.08. The summed E-state index contributed by atoms with van der Waals surface area (Å²) in [4.78, 5) is 7.10. The average molecular weight is 400 g/mol. The van der Waals surface area contributed by atoms with E-state index in [1.165, 1.54) is 10.8 Å². The highest BCUT2D eigenvalue weighted by Crippen LogP contribution is 2.31. The predicted molar refractivity (Wildman–Crippen MR) is 95.0 cm³/mol. The van der Waals surface area contributed by atoms with Crippen molar-refractivity contribution in [2.45, 2.75) is 32.7 Å². The van der Waals surface area contributed by atoms with Crippen LogP contribution in [0.15, 0.2) is 34.9 Å². The maximum absolute atomic E-state index is 4.67. The number of pyridine rings is 1. The molecule has 0 radical (unpaired) electrons. The van der Waals surface area contributed by atoms with Crippen LogP contribution in [-0.4, -0.2) is 22.9 Å². The maximum atomic E-state index is 4.67. The van der Waals surface area contributed by atoms with Crippen LogP contribution in [0.2, 0.25) is 0 Å². The van der Waals surface area contributed by atoms with Crippen molar-refractivity contribution in [1.82, 2.24) is 4.98 Å². The van der Waals surface area contributed by atoms with Gasteiger partial charge < -0.3 is 4.90 Å². The number of hydrogen-bond acceptors (Lipinski definition) is 2. The Morgan fingerprint density at radius 1 is 1.15 bits per heavy atom. The molecule has 2 aromatic rings. The van der Waals surface area contributed by atoms with E-state index in [1.807, 2.05) is 6.20 Å². The van der Waals surface area contributed by atoms with E-state index in [1.54, 1.807) is 0 Å². The molecule has 20 heavy (non-hydrogen) atoms. The monoisotopic (exact) mass is 398 g/mol. The third-order valence-corrected chi connectivity index (χ3v) is 4.76. The molecule has 0 bridgehead atoms. The fraction of sp³-hybridized carbons (Fsp3) is 0.438. The molecule has 0 unspecified atom stereocenters. The van der Waals surface area contributed by atoms with Gasteiger partial charge in [-0.3, -0.25) is 0 Å². The van der Waals surface area contributed by atoms with Gasteiger partial charge >= 0.3 is 0 Å². The Kier molecular flexibility index (Phi) is 5.85. The van der Waals surface area contributed by atoms with Crippen LogP contribution in [0.3, 0.4) is 0 Å². The standard InChI is InChI=1S/C16H20Br2N2/c1-3-12(4-2)20(11-9-17)16-14-6-5-7-15(18)13(14)8-10-19-16/h5-8,10,12H,3-4,9,11H2,1-2H3. The molecule has 1 aromatic carbocycles. The van der Waals surface area contributed by atoms with Crippen molar-refractivity contribution in [2.24, 2.45) is 0 Å². The number of fused-ring (bicyclic) bond motifs is 1. The topological polar surface area (TPSA) is 16.1 Å². The number of anilines is 1. The van der Waals surface area contributed by atoms with Gasteiger partial charge in [-0.05, 0) is 25.0 Å². The van der Waals surface area contributed by atoms with E-state index in [4.69, 9.17) is 0 Å². The van der Waals surface area contributed by atoms with Crippen LogP contribution in [0.1, 0.15) is 26.7 Å². The van der Waals surface area contributed by atoms with Gasteiger partial charge in [-0.25, -0.2) is 4.98 Å². The molecule has 0 fully saturated rings. The second kappa shape index (κ2) is 7.41. The van der Waals surface area contributed by atoms with E-state index in [-0.39, 0.29) is 0 Å². The lowest BCUT2D eigenvalue weighted by Crippen LogP contribution is -2.36. The lowest BCUT2D eigenvalue weighted by Gasteiger charge is -2.32. The first-order chi connectivity index (χ1) is 9.72. The maximum Gasteiger partial charge on any atom is 0.136 e. The summed E-state index contributed by atoms with van der Waals surface area (Å²) in [5.41, 5.74) is 0. The molecular formula is C16H20Br2N2. The minimum Gasteiger partial charge on any atom is -0.352 e. The minimum atomic E-state index is 0.532. The van der Waals surface area contributed by atoms with E-state index in [0.29, 0.717) is 6.04 Å². The van der Waals surface area contributed by atoms with Crippen molar-refractivity contribution < 1.29 is 0 Å². The molecule has 0 saturated carbocycles. The first-order valence-corrected chi connectivity index (χ1v) is 9.00. The number of rotatable bonds is 6. The van der Waals surface area contributed by atoms with Crippen LogP contribution in [0.5, 0.6) is 0 Å². The predicted octanol–water partition coefficient (Wildman–Crippen LogP) is 5.39. The summed E-state index contributed by atoms with van der Waals surface area (Å²) in [6.45, 7) is 5.47. The summed E-state index contributed by atoms with van der Waals surface area (Å²) in [6, 6.07) is 8.92. The SMILES string of the molecule is CCC(CC)N(CCBr)c1nccc2c(Br)cccc12. The van der Waals surface area contributed by atoms with Crippen LogP contribution >= 0.6 is 31.9 Å². The zero-order valence-corrected chi connectivity index (χ0v) is 15.1. The summed E-state index contributed by atoms with van der Waals surface area (Å²) in [5, 5.41) is 3.40. The Balaban J connectivity index is 2.55. The van der Waals surface area contributed by atoms with Crippen LogP contribution in [0, 0.1) is 0 Å². The van der Waals surface area contributed by atoms with Crippen molar-refractivity contribution in [2.75, 3.05) is 16.8 Å². The van der Waals surface area contributed by atoms with E-state index in [9.17, 15) is 0 Å². The van der Waals surface area contributed by atoms with Gasteiger partial charge in [-0.2, -0.15) is 0 Å². The molecule has 0 aliphatic carbocycles. The zero-order valence-electron chi connectivity index (χ0n) is 11.9. The second-order valence-electron chi connectivity index (χ2n) is 4.82. The molecule has 0 N–H and O–H groups in total. The van der Waals surface area contributed by atoms with Gasteiger partial charge in [0.25, 0.3) is 0 Å². The van der Waals surface area contributed by atoms with Crippen molar-refractivity contribution in [1.29, 1.82) is 0 Å². The van der Waals surface area contributed by atoms with Gasteiger partial charge in [-0.15, -0.1) is 0 Å². The number of benzene rings is 1. The molecule has 1 heterocycles. The molecule has 0 atom stereocenters. The van der Waals surface area contributed by atoms with Crippen LogP contribution in [-0.2, 0) is 0 Å². The van der Waals surface area contributed by atoms with Gasteiger partial charge in [0.2, 0.25) is 0 Å². The molecule has 0 aliphatic heterocycles. The van der Waals surface area contributed by atoms with Crippen LogP contribution in [0.25, 0.3) is 10.8 Å². The smallest absolute Gasteiger partial charge is 0.136 e. The summed E-state index contributed by atoms with van der Waals surface area (Å²) >= 11 is 7.21. The van der Waals surface area contributed by atoms with E-state index >= 15 is 0 Å². The number of alkyl halides is 1. The van der Waals surface area contributed by atoms with Gasteiger partial charge in [-0.1, -0.05) is 57.8 Å². The molecule has 2 nitrogen and oxygen atoms in total. The molecule has 0 saturated heterocycles. The average Bonchev–Trinajstić information content (AvgIpc) is 2.47. The third-order valence-electron chi connectivity index (χ3n) is 3.71. The quantitative estimate of drug-likeness (QED) is 0.605. The molecule has 0 amide bonds. The van der Waals surface area contributed by atoms with E-state index in [2.05, 4.69) is 79.9 Å². The van der Waals surface area contributed by atoms with Crippen molar-refractivity contribution in [3.63, 3.8) is 0 Å². The van der Waals surface area contributed by atoms with Crippen molar-refractivity contribution in [3.8, 4) is 0 Å². The molecule has 0 aliphatic rings. The lowest BCUT2D eigenvalue weighted by molar-refractivity contribution is 0.565. The fourth-order valence-corrected chi connectivity index (χ4v) is 3.54. The Hall–Kier alpha value is -0.610. The Morgan fingerprint density at radius 3 is 2.55 bits per heavy atom. The van der Waals surface area contributed by atoms with Crippen molar-refractivity contribution >= 4 is 48.5 Å². The van der Waals surface area contributed by atoms with Gasteiger partial charge in [0, 0.05) is 39.4 Å². The summed E-state index contributed by atoms with van der Waals surface area (Å²) in [5.74, 6) is 1.09. The molecule has 1 aromatic heterocycles. The summed E-state index contributed by atoms with van der Waals surface area (Å²) in [7, 11) is 0. The molecule has 2 rings (SSSR count). The largest absolute Gasteiger partial charge is 0.352 e. The Bertz CT molecular complexity index is 567. The normalized spacial score (nSPS) is 11.2. The summed E-state index contributed by atoms with van der Waals surface area (Å²) in [6.07, 6.45) is 4.18. The second-order valence-corrected chi connectivity index (χ2v) is 6.47. The van der Waals surface area contributed by atoms with Gasteiger partial charge in [0.15, 0.2) is 0 Å². The van der Waals surface area contributed by atoms with E-state index < -0.39 is 0 Å².